The molecule has 1 aromatic heterocycles. The predicted molar refractivity (Wildman–Crippen MR) is 80.6 cm³/mol. The van der Waals surface area contributed by atoms with E-state index in [1.165, 1.54) is 11.1 Å². The smallest absolute Gasteiger partial charge is 0.134 e. The van der Waals surface area contributed by atoms with Gasteiger partial charge in [0.05, 0.1) is 6.04 Å². The summed E-state index contributed by atoms with van der Waals surface area (Å²) in [5.74, 6) is 0. The first-order valence-electron chi connectivity index (χ1n) is 6.84. The van der Waals surface area contributed by atoms with Crippen molar-refractivity contribution in [2.45, 2.75) is 39.7 Å². The molecule has 19 heavy (non-hydrogen) atoms. The van der Waals surface area contributed by atoms with Crippen molar-refractivity contribution in [2.75, 3.05) is 6.54 Å². The predicted octanol–water partition coefficient (Wildman–Crippen LogP) is 3.50. The maximum absolute atomic E-state index is 4.33. The largest absolute Gasteiger partial charge is 0.308 e. The second-order valence-corrected chi connectivity index (χ2v) is 5.81. The van der Waals surface area contributed by atoms with E-state index in [4.69, 9.17) is 0 Å². The van der Waals surface area contributed by atoms with Crippen LogP contribution in [0, 0.1) is 6.92 Å². The van der Waals surface area contributed by atoms with Crippen LogP contribution in [0.4, 0.5) is 0 Å². The first-order valence-corrected chi connectivity index (χ1v) is 7.65. The third-order valence-electron chi connectivity index (χ3n) is 3.08. The standard InChI is InChI=1S/C15H21N3S/c1-4-13(16-5-2)15-18-17-14(19-15)10-12-8-6-7-11(3)9-12/h6-9,13,16H,4-5,10H2,1-3H3. The minimum absolute atomic E-state index is 0.341. The number of aromatic nitrogens is 2. The summed E-state index contributed by atoms with van der Waals surface area (Å²) < 4.78 is 0. The summed E-state index contributed by atoms with van der Waals surface area (Å²) in [4.78, 5) is 0. The van der Waals surface area contributed by atoms with Gasteiger partial charge in [-0.1, -0.05) is 55.0 Å². The molecule has 0 bridgehead atoms. The molecule has 2 rings (SSSR count). The van der Waals surface area contributed by atoms with Crippen molar-refractivity contribution < 1.29 is 0 Å². The van der Waals surface area contributed by atoms with Crippen LogP contribution in [0.15, 0.2) is 24.3 Å². The molecule has 4 heteroatoms. The van der Waals surface area contributed by atoms with E-state index in [0.29, 0.717) is 6.04 Å². The van der Waals surface area contributed by atoms with E-state index in [0.717, 1.165) is 29.4 Å². The molecule has 1 N–H and O–H groups in total. The number of hydrogen-bond donors (Lipinski definition) is 1. The van der Waals surface area contributed by atoms with Crippen molar-refractivity contribution in [3.05, 3.63) is 45.4 Å². The highest BCUT2D eigenvalue weighted by molar-refractivity contribution is 7.11. The molecule has 0 aliphatic heterocycles. The molecule has 0 amide bonds. The van der Waals surface area contributed by atoms with Gasteiger partial charge in [-0.3, -0.25) is 0 Å². The Morgan fingerprint density at radius 3 is 2.79 bits per heavy atom. The minimum Gasteiger partial charge on any atom is -0.308 e. The van der Waals surface area contributed by atoms with E-state index in [9.17, 15) is 0 Å². The SMILES string of the molecule is CCNC(CC)c1nnc(Cc2cccc(C)c2)s1. The summed E-state index contributed by atoms with van der Waals surface area (Å²) in [6, 6.07) is 8.92. The normalized spacial score (nSPS) is 12.6. The van der Waals surface area contributed by atoms with Crippen molar-refractivity contribution in [1.29, 1.82) is 0 Å². The Kier molecular flexibility index (Phi) is 5.05. The van der Waals surface area contributed by atoms with Gasteiger partial charge in [0, 0.05) is 6.42 Å². The van der Waals surface area contributed by atoms with Crippen molar-refractivity contribution >= 4 is 11.3 Å². The summed E-state index contributed by atoms with van der Waals surface area (Å²) in [6.07, 6.45) is 1.93. The van der Waals surface area contributed by atoms with Crippen LogP contribution < -0.4 is 5.32 Å². The molecule has 0 saturated heterocycles. The highest BCUT2D eigenvalue weighted by Crippen LogP contribution is 2.22. The maximum atomic E-state index is 4.33. The minimum atomic E-state index is 0.341. The fourth-order valence-electron chi connectivity index (χ4n) is 2.13. The van der Waals surface area contributed by atoms with Crippen molar-refractivity contribution in [2.24, 2.45) is 0 Å². The van der Waals surface area contributed by atoms with Crippen LogP contribution in [-0.2, 0) is 6.42 Å². The van der Waals surface area contributed by atoms with Crippen LogP contribution in [0.5, 0.6) is 0 Å². The molecule has 3 nitrogen and oxygen atoms in total. The van der Waals surface area contributed by atoms with Crippen LogP contribution in [0.2, 0.25) is 0 Å². The Labute approximate surface area is 119 Å². The first-order chi connectivity index (χ1) is 9.22. The maximum Gasteiger partial charge on any atom is 0.134 e. The number of hydrogen-bond acceptors (Lipinski definition) is 4. The van der Waals surface area contributed by atoms with Gasteiger partial charge in [0.2, 0.25) is 0 Å². The van der Waals surface area contributed by atoms with Gasteiger partial charge in [0.25, 0.3) is 0 Å². The van der Waals surface area contributed by atoms with E-state index < -0.39 is 0 Å². The summed E-state index contributed by atoms with van der Waals surface area (Å²) >= 11 is 1.72. The number of rotatable bonds is 6. The number of nitrogens with one attached hydrogen (secondary N) is 1. The molecular weight excluding hydrogens is 254 g/mol. The molecule has 1 atom stereocenters. The zero-order chi connectivity index (χ0) is 13.7. The van der Waals surface area contributed by atoms with E-state index in [1.54, 1.807) is 11.3 Å². The zero-order valence-corrected chi connectivity index (χ0v) is 12.6. The summed E-state index contributed by atoms with van der Waals surface area (Å²) in [7, 11) is 0. The molecule has 0 saturated carbocycles. The molecule has 0 radical (unpaired) electrons. The quantitative estimate of drug-likeness (QED) is 0.877. The van der Waals surface area contributed by atoms with Crippen molar-refractivity contribution in [3.8, 4) is 0 Å². The highest BCUT2D eigenvalue weighted by Gasteiger charge is 2.13. The average molecular weight is 275 g/mol. The molecule has 1 unspecified atom stereocenters. The molecule has 2 aromatic rings. The lowest BCUT2D eigenvalue weighted by molar-refractivity contribution is 0.531. The van der Waals surface area contributed by atoms with Crippen molar-refractivity contribution in [3.63, 3.8) is 0 Å². The topological polar surface area (TPSA) is 37.8 Å². The Balaban J connectivity index is 2.08. The molecule has 0 aliphatic rings. The van der Waals surface area contributed by atoms with Gasteiger partial charge in [-0.2, -0.15) is 0 Å². The van der Waals surface area contributed by atoms with E-state index >= 15 is 0 Å². The first kappa shape index (κ1) is 14.2. The molecule has 0 aliphatic carbocycles. The molecule has 1 heterocycles. The lowest BCUT2D eigenvalue weighted by atomic mass is 10.1. The van der Waals surface area contributed by atoms with Gasteiger partial charge in [-0.25, -0.2) is 0 Å². The molecule has 1 aromatic carbocycles. The van der Waals surface area contributed by atoms with Crippen molar-refractivity contribution in [1.82, 2.24) is 15.5 Å². The number of nitrogens with zero attached hydrogens (tertiary/aromatic N) is 2. The summed E-state index contributed by atoms with van der Waals surface area (Å²) in [5.41, 5.74) is 2.60. The van der Waals surface area contributed by atoms with Crippen LogP contribution in [-0.4, -0.2) is 16.7 Å². The van der Waals surface area contributed by atoms with Gasteiger partial charge in [-0.05, 0) is 25.5 Å². The third-order valence-corrected chi connectivity index (χ3v) is 4.11. The van der Waals surface area contributed by atoms with Gasteiger partial charge in [0.1, 0.15) is 10.0 Å². The van der Waals surface area contributed by atoms with Crippen LogP contribution >= 0.6 is 11.3 Å². The van der Waals surface area contributed by atoms with E-state index in [-0.39, 0.29) is 0 Å². The van der Waals surface area contributed by atoms with Crippen LogP contribution in [0.3, 0.4) is 0 Å². The molecule has 102 valence electrons. The summed E-state index contributed by atoms with van der Waals surface area (Å²) in [6.45, 7) is 7.38. The summed E-state index contributed by atoms with van der Waals surface area (Å²) in [5, 5.41) is 14.3. The monoisotopic (exact) mass is 275 g/mol. The molecular formula is C15H21N3S. The molecule has 0 spiro atoms. The van der Waals surface area contributed by atoms with Gasteiger partial charge in [-0.15, -0.1) is 10.2 Å². The van der Waals surface area contributed by atoms with Gasteiger partial charge >= 0.3 is 0 Å². The lowest BCUT2D eigenvalue weighted by Crippen LogP contribution is -2.19. The second kappa shape index (κ2) is 6.78. The van der Waals surface area contributed by atoms with Gasteiger partial charge in [0.15, 0.2) is 0 Å². The zero-order valence-electron chi connectivity index (χ0n) is 11.8. The van der Waals surface area contributed by atoms with E-state index in [1.807, 2.05) is 0 Å². The fourth-order valence-corrected chi connectivity index (χ4v) is 3.16. The Morgan fingerprint density at radius 2 is 2.11 bits per heavy atom. The Bertz CT molecular complexity index is 522. The fraction of sp³-hybridized carbons (Fsp3) is 0.467. The van der Waals surface area contributed by atoms with Crippen LogP contribution in [0.25, 0.3) is 0 Å². The third kappa shape index (κ3) is 3.85. The average Bonchev–Trinajstić information content (AvgIpc) is 2.84. The number of benzene rings is 1. The van der Waals surface area contributed by atoms with Gasteiger partial charge < -0.3 is 5.32 Å². The van der Waals surface area contributed by atoms with E-state index in [2.05, 4.69) is 60.6 Å². The number of aryl methyl sites for hydroxylation is 1. The highest BCUT2D eigenvalue weighted by atomic mass is 32.1. The Hall–Kier alpha value is -1.26. The van der Waals surface area contributed by atoms with Crippen LogP contribution in [0.1, 0.15) is 47.5 Å². The Morgan fingerprint density at radius 1 is 1.26 bits per heavy atom. The molecule has 0 fully saturated rings. The lowest BCUT2D eigenvalue weighted by Gasteiger charge is -2.10. The second-order valence-electron chi connectivity index (χ2n) is 4.72.